The van der Waals surface area contributed by atoms with E-state index >= 15 is 0 Å². The monoisotopic (exact) mass is 499 g/mol. The van der Waals surface area contributed by atoms with E-state index in [9.17, 15) is 4.79 Å². The van der Waals surface area contributed by atoms with Gasteiger partial charge >= 0.3 is 0 Å². The Morgan fingerprint density at radius 2 is 1.75 bits per heavy atom. The highest BCUT2D eigenvalue weighted by atomic mass is 35.5. The zero-order chi connectivity index (χ0) is 24.2. The van der Waals surface area contributed by atoms with Gasteiger partial charge in [-0.1, -0.05) is 54.6 Å². The average Bonchev–Trinajstić information content (AvgIpc) is 3.21. The molecule has 0 aliphatic rings. The first-order chi connectivity index (χ1) is 17.1. The third kappa shape index (κ3) is 5.29. The summed E-state index contributed by atoms with van der Waals surface area (Å²) in [4.78, 5) is 20.9. The van der Waals surface area contributed by atoms with Gasteiger partial charge < -0.3 is 20.2 Å². The summed E-state index contributed by atoms with van der Waals surface area (Å²) < 4.78 is 2.06. The molecular formula is C29H30ClN5O. The van der Waals surface area contributed by atoms with Gasteiger partial charge in [-0.25, -0.2) is 0 Å². The average molecular weight is 500 g/mol. The molecule has 0 radical (unpaired) electrons. The maximum Gasteiger partial charge on any atom is 0.256 e. The van der Waals surface area contributed by atoms with Crippen molar-refractivity contribution in [2.75, 3.05) is 18.4 Å². The van der Waals surface area contributed by atoms with Crippen LogP contribution in [0.3, 0.4) is 0 Å². The fourth-order valence-corrected chi connectivity index (χ4v) is 4.42. The Morgan fingerprint density at radius 3 is 2.56 bits per heavy atom. The number of anilines is 1. The second kappa shape index (κ2) is 11.1. The number of rotatable bonds is 6. The fourth-order valence-electron chi connectivity index (χ4n) is 4.42. The summed E-state index contributed by atoms with van der Waals surface area (Å²) in [6.07, 6.45) is 2.89. The third-order valence-corrected chi connectivity index (χ3v) is 6.15. The lowest BCUT2D eigenvalue weighted by molar-refractivity contribution is 0.912. The SMILES string of the molecule is CCNC(=NCCc1ccccc1)Nc1ccc2cc(-c3cn(C)c4ccccc34)c(=O)[nH]c2c1.Cl. The molecule has 0 unspecified atom stereocenters. The van der Waals surface area contributed by atoms with E-state index in [1.54, 1.807) is 0 Å². The molecule has 3 N–H and O–H groups in total. The summed E-state index contributed by atoms with van der Waals surface area (Å²) in [6.45, 7) is 3.48. The molecule has 7 heteroatoms. The van der Waals surface area contributed by atoms with Crippen LogP contribution in [0.15, 0.2) is 94.8 Å². The Morgan fingerprint density at radius 1 is 0.972 bits per heavy atom. The number of aliphatic imine (C=N–C) groups is 1. The molecule has 0 amide bonds. The molecule has 0 aliphatic carbocycles. The minimum absolute atomic E-state index is 0. The summed E-state index contributed by atoms with van der Waals surface area (Å²) in [6, 6.07) is 26.4. The molecule has 3 aromatic carbocycles. The Kier molecular flexibility index (Phi) is 7.76. The molecule has 0 atom stereocenters. The number of pyridine rings is 1. The van der Waals surface area contributed by atoms with Gasteiger partial charge in [0, 0.05) is 54.1 Å². The molecule has 2 aromatic heterocycles. The van der Waals surface area contributed by atoms with Crippen molar-refractivity contribution < 1.29 is 0 Å². The molecule has 0 saturated heterocycles. The molecule has 5 aromatic rings. The van der Waals surface area contributed by atoms with E-state index in [0.717, 1.165) is 52.0 Å². The highest BCUT2D eigenvalue weighted by molar-refractivity contribution is 5.99. The van der Waals surface area contributed by atoms with Crippen LogP contribution in [0.1, 0.15) is 12.5 Å². The van der Waals surface area contributed by atoms with Gasteiger partial charge in [-0.3, -0.25) is 9.79 Å². The number of benzene rings is 3. The molecule has 0 spiro atoms. The second-order valence-electron chi connectivity index (χ2n) is 8.61. The summed E-state index contributed by atoms with van der Waals surface area (Å²) in [5, 5.41) is 8.70. The number of nitrogens with one attached hydrogen (secondary N) is 3. The van der Waals surface area contributed by atoms with Crippen LogP contribution in [0.5, 0.6) is 0 Å². The third-order valence-electron chi connectivity index (χ3n) is 6.15. The Labute approximate surface area is 216 Å². The van der Waals surface area contributed by atoms with E-state index in [2.05, 4.69) is 44.5 Å². The molecule has 5 rings (SSSR count). The fraction of sp³-hybridized carbons (Fsp3) is 0.172. The van der Waals surface area contributed by atoms with Crippen molar-refractivity contribution in [1.29, 1.82) is 0 Å². The van der Waals surface area contributed by atoms with Crippen LogP contribution in [0.25, 0.3) is 32.9 Å². The van der Waals surface area contributed by atoms with Crippen molar-refractivity contribution in [3.05, 3.63) is 101 Å². The van der Waals surface area contributed by atoms with Gasteiger partial charge in [0.1, 0.15) is 0 Å². The first-order valence-corrected chi connectivity index (χ1v) is 11.9. The molecule has 6 nitrogen and oxygen atoms in total. The van der Waals surface area contributed by atoms with Crippen molar-refractivity contribution in [2.45, 2.75) is 13.3 Å². The number of guanidine groups is 1. The van der Waals surface area contributed by atoms with Crippen LogP contribution in [-0.2, 0) is 13.5 Å². The van der Waals surface area contributed by atoms with E-state index in [1.165, 1.54) is 5.56 Å². The van der Waals surface area contributed by atoms with E-state index in [4.69, 9.17) is 4.99 Å². The maximum atomic E-state index is 13.1. The number of aromatic nitrogens is 2. The summed E-state index contributed by atoms with van der Waals surface area (Å²) in [5.74, 6) is 0.720. The summed E-state index contributed by atoms with van der Waals surface area (Å²) >= 11 is 0. The first-order valence-electron chi connectivity index (χ1n) is 11.9. The number of nitrogens with zero attached hydrogens (tertiary/aromatic N) is 2. The minimum Gasteiger partial charge on any atom is -0.356 e. The van der Waals surface area contributed by atoms with E-state index in [0.29, 0.717) is 12.1 Å². The highest BCUT2D eigenvalue weighted by Crippen LogP contribution is 2.29. The van der Waals surface area contributed by atoms with Crippen LogP contribution in [0, 0.1) is 0 Å². The van der Waals surface area contributed by atoms with Gasteiger partial charge in [0.2, 0.25) is 0 Å². The van der Waals surface area contributed by atoms with Gasteiger partial charge in [0.05, 0.1) is 5.52 Å². The topological polar surface area (TPSA) is 74.2 Å². The molecular weight excluding hydrogens is 470 g/mol. The lowest BCUT2D eigenvalue weighted by Gasteiger charge is -2.12. The number of hydrogen-bond donors (Lipinski definition) is 3. The van der Waals surface area contributed by atoms with Gasteiger partial charge in [0.25, 0.3) is 5.56 Å². The normalized spacial score (nSPS) is 11.4. The van der Waals surface area contributed by atoms with Crippen LogP contribution in [-0.4, -0.2) is 28.6 Å². The van der Waals surface area contributed by atoms with Crippen LogP contribution >= 0.6 is 12.4 Å². The lowest BCUT2D eigenvalue weighted by Crippen LogP contribution is -2.30. The number of aryl methyl sites for hydroxylation is 1. The summed E-state index contributed by atoms with van der Waals surface area (Å²) in [5.41, 5.74) is 5.52. The molecule has 0 bridgehead atoms. The maximum absolute atomic E-state index is 13.1. The second-order valence-corrected chi connectivity index (χ2v) is 8.61. The van der Waals surface area contributed by atoms with Crippen molar-refractivity contribution in [3.63, 3.8) is 0 Å². The van der Waals surface area contributed by atoms with E-state index < -0.39 is 0 Å². The largest absolute Gasteiger partial charge is 0.356 e. The quantitative estimate of drug-likeness (QED) is 0.206. The van der Waals surface area contributed by atoms with Gasteiger partial charge in [-0.2, -0.15) is 0 Å². The van der Waals surface area contributed by atoms with E-state index in [1.807, 2.05) is 74.8 Å². The number of aromatic amines is 1. The van der Waals surface area contributed by atoms with Gasteiger partial charge in [-0.15, -0.1) is 12.4 Å². The molecule has 0 aliphatic heterocycles. The Bertz CT molecular complexity index is 1570. The smallest absolute Gasteiger partial charge is 0.256 e. The number of H-pyrrole nitrogens is 1. The minimum atomic E-state index is -0.102. The van der Waals surface area contributed by atoms with Gasteiger partial charge in [-0.05, 0) is 48.6 Å². The standard InChI is InChI=1S/C29H29N5O.ClH/c1-3-30-29(31-16-15-20-9-5-4-6-10-20)32-22-14-13-21-17-24(28(35)33-26(21)18-22)25-19-34(2)27-12-8-7-11-23(25)27;/h4-14,17-19H,3,15-16H2,1-2H3,(H,33,35)(H2,30,31,32);1H. The number of para-hydroxylation sites is 1. The van der Waals surface area contributed by atoms with Crippen LogP contribution in [0.2, 0.25) is 0 Å². The predicted molar refractivity (Wildman–Crippen MR) is 153 cm³/mol. The predicted octanol–water partition coefficient (Wildman–Crippen LogP) is 5.73. The van der Waals surface area contributed by atoms with Gasteiger partial charge in [0.15, 0.2) is 5.96 Å². The molecule has 0 fully saturated rings. The number of halogens is 1. The molecule has 184 valence electrons. The zero-order valence-corrected chi connectivity index (χ0v) is 21.2. The molecule has 36 heavy (non-hydrogen) atoms. The van der Waals surface area contributed by atoms with Crippen molar-refractivity contribution >= 4 is 45.9 Å². The van der Waals surface area contributed by atoms with Crippen LogP contribution < -0.4 is 16.2 Å². The number of hydrogen-bond acceptors (Lipinski definition) is 2. The lowest BCUT2D eigenvalue weighted by atomic mass is 10.0. The zero-order valence-electron chi connectivity index (χ0n) is 20.4. The Hall–Kier alpha value is -4.03. The Balaban J connectivity index is 0.00000304. The van der Waals surface area contributed by atoms with Crippen molar-refractivity contribution in [3.8, 4) is 11.1 Å². The summed E-state index contributed by atoms with van der Waals surface area (Å²) in [7, 11) is 2.00. The number of fused-ring (bicyclic) bond motifs is 2. The highest BCUT2D eigenvalue weighted by Gasteiger charge is 2.13. The van der Waals surface area contributed by atoms with Crippen molar-refractivity contribution in [1.82, 2.24) is 14.9 Å². The van der Waals surface area contributed by atoms with Crippen molar-refractivity contribution in [2.24, 2.45) is 12.0 Å². The molecule has 2 heterocycles. The van der Waals surface area contributed by atoms with Crippen LogP contribution in [0.4, 0.5) is 5.69 Å². The first kappa shape index (κ1) is 25.1. The van der Waals surface area contributed by atoms with E-state index in [-0.39, 0.29) is 18.0 Å². The molecule has 0 saturated carbocycles.